The van der Waals surface area contributed by atoms with E-state index in [2.05, 4.69) is 44.3 Å². The number of aryl methyl sites for hydroxylation is 1. The van der Waals surface area contributed by atoms with Gasteiger partial charge in [-0.3, -0.25) is 4.72 Å². The van der Waals surface area contributed by atoms with Crippen molar-refractivity contribution in [3.63, 3.8) is 0 Å². The lowest BCUT2D eigenvalue weighted by atomic mass is 10.0. The minimum absolute atomic E-state index is 0.0288. The Morgan fingerprint density at radius 2 is 1.83 bits per heavy atom. The van der Waals surface area contributed by atoms with E-state index in [1.807, 2.05) is 6.07 Å². The molecular weight excluding hydrogens is 569 g/mol. The molecule has 3 heterocycles. The van der Waals surface area contributed by atoms with Gasteiger partial charge in [0.15, 0.2) is 5.82 Å². The van der Waals surface area contributed by atoms with Crippen LogP contribution in [0.3, 0.4) is 0 Å². The van der Waals surface area contributed by atoms with E-state index in [1.54, 1.807) is 37.3 Å². The van der Waals surface area contributed by atoms with Crippen LogP contribution in [0.4, 0.5) is 30.4 Å². The quantitative estimate of drug-likeness (QED) is 0.237. The first-order valence-corrected chi connectivity index (χ1v) is 14.9. The van der Waals surface area contributed by atoms with Gasteiger partial charge >= 0.3 is 6.18 Å². The van der Waals surface area contributed by atoms with Crippen LogP contribution in [0.5, 0.6) is 0 Å². The molecule has 3 N–H and O–H groups in total. The molecule has 222 valence electrons. The lowest BCUT2D eigenvalue weighted by Gasteiger charge is -2.30. The maximum Gasteiger partial charge on any atom is 0.406 e. The molecule has 0 aliphatic carbocycles. The minimum atomic E-state index is -4.42. The van der Waals surface area contributed by atoms with E-state index in [-0.39, 0.29) is 29.0 Å². The molecule has 9 nitrogen and oxygen atoms in total. The Labute approximate surface area is 242 Å². The van der Waals surface area contributed by atoms with E-state index in [1.165, 1.54) is 22.8 Å². The first-order chi connectivity index (χ1) is 20.0. The van der Waals surface area contributed by atoms with E-state index in [4.69, 9.17) is 4.52 Å². The Morgan fingerprint density at radius 1 is 1.10 bits per heavy atom. The van der Waals surface area contributed by atoms with Crippen LogP contribution in [0.2, 0.25) is 0 Å². The molecule has 1 aliphatic rings. The number of nitrogens with zero attached hydrogens (tertiary/aromatic N) is 3. The second kappa shape index (κ2) is 12.0. The second-order valence-electron chi connectivity index (χ2n) is 10.3. The van der Waals surface area contributed by atoms with Gasteiger partial charge in [-0.2, -0.15) is 13.2 Å². The average Bonchev–Trinajstić information content (AvgIpc) is 3.50. The normalized spacial score (nSPS) is 14.9. The molecule has 0 saturated carbocycles. The summed E-state index contributed by atoms with van der Waals surface area (Å²) in [5, 5.41) is 10.9. The Morgan fingerprint density at radius 3 is 2.50 bits per heavy atom. The van der Waals surface area contributed by atoms with Crippen LogP contribution < -0.4 is 15.4 Å². The fourth-order valence-corrected chi connectivity index (χ4v) is 5.86. The van der Waals surface area contributed by atoms with E-state index in [9.17, 15) is 21.6 Å². The van der Waals surface area contributed by atoms with E-state index in [0.29, 0.717) is 22.4 Å². The Hall–Kier alpha value is -4.15. The second-order valence-corrected chi connectivity index (χ2v) is 12.0. The Bertz CT molecular complexity index is 1710. The number of nitrogens with one attached hydrogen (secondary N) is 3. The van der Waals surface area contributed by atoms with Gasteiger partial charge in [0, 0.05) is 28.9 Å². The number of halogens is 3. The molecule has 42 heavy (non-hydrogen) atoms. The topological polar surface area (TPSA) is 104 Å². The minimum Gasteiger partial charge on any atom is -0.382 e. The van der Waals surface area contributed by atoms with Crippen LogP contribution in [0.1, 0.15) is 24.3 Å². The molecule has 0 bridgehead atoms. The molecule has 2 aromatic heterocycles. The first-order valence-electron chi connectivity index (χ1n) is 13.4. The molecule has 1 aliphatic heterocycles. The summed E-state index contributed by atoms with van der Waals surface area (Å²) in [6.07, 6.45) is -2.50. The molecule has 1 saturated heterocycles. The number of hydrogen-bond donors (Lipinski definition) is 3. The van der Waals surface area contributed by atoms with Crippen molar-refractivity contribution in [1.82, 2.24) is 14.6 Å². The fourth-order valence-electron chi connectivity index (χ4n) is 4.88. The highest BCUT2D eigenvalue weighted by atomic mass is 32.2. The van der Waals surface area contributed by atoms with Crippen LogP contribution in [0, 0.1) is 18.8 Å². The van der Waals surface area contributed by atoms with Crippen molar-refractivity contribution in [3.8, 4) is 11.8 Å². The van der Waals surface area contributed by atoms with Crippen molar-refractivity contribution < 1.29 is 26.1 Å². The fraction of sp³-hybridized carbons (Fsp3) is 0.345. The van der Waals surface area contributed by atoms with Gasteiger partial charge in [-0.05, 0) is 88.3 Å². The van der Waals surface area contributed by atoms with Crippen LogP contribution in [0.25, 0.3) is 10.9 Å². The van der Waals surface area contributed by atoms with Crippen molar-refractivity contribution in [1.29, 1.82) is 0 Å². The third kappa shape index (κ3) is 7.18. The Balaban J connectivity index is 1.30. The summed E-state index contributed by atoms with van der Waals surface area (Å²) < 4.78 is 74.1. The van der Waals surface area contributed by atoms with Gasteiger partial charge in [0.2, 0.25) is 0 Å². The number of alkyl halides is 3. The number of piperidine rings is 1. The van der Waals surface area contributed by atoms with Crippen molar-refractivity contribution >= 4 is 38.1 Å². The molecule has 4 aromatic rings. The number of anilines is 3. The van der Waals surface area contributed by atoms with Crippen molar-refractivity contribution in [2.45, 2.75) is 43.4 Å². The zero-order valence-electron chi connectivity index (χ0n) is 23.1. The number of aromatic nitrogens is 2. The molecule has 0 radical (unpaired) electrons. The molecule has 0 atom stereocenters. The molecular formula is C29H31F3N6O3S. The molecule has 0 spiro atoms. The maximum atomic E-state index is 13.5. The number of hydrogen-bond acceptors (Lipinski definition) is 7. The van der Waals surface area contributed by atoms with Gasteiger partial charge in [0.25, 0.3) is 10.0 Å². The van der Waals surface area contributed by atoms with E-state index >= 15 is 0 Å². The number of benzene rings is 2. The smallest absolute Gasteiger partial charge is 0.382 e. The zero-order valence-corrected chi connectivity index (χ0v) is 23.9. The van der Waals surface area contributed by atoms with Crippen molar-refractivity contribution in [2.24, 2.45) is 0 Å². The average molecular weight is 601 g/mol. The SMILES string of the molecule is Cc1cc(NS(=O)(=O)c2ccc(NCC#Cc3cc4c(NC5CCN(C)CC5)cccc4n3CC(F)(F)F)cc2)no1. The Kier molecular flexibility index (Phi) is 8.38. The lowest BCUT2D eigenvalue weighted by Crippen LogP contribution is -2.36. The van der Waals surface area contributed by atoms with Crippen LogP contribution in [-0.2, 0) is 16.6 Å². The molecule has 0 amide bonds. The molecule has 1 fully saturated rings. The number of fused-ring (bicyclic) bond motifs is 1. The van der Waals surface area contributed by atoms with Crippen LogP contribution >= 0.6 is 0 Å². The summed E-state index contributed by atoms with van der Waals surface area (Å²) in [6, 6.07) is 14.7. The molecule has 2 aromatic carbocycles. The van der Waals surface area contributed by atoms with Gasteiger partial charge in [0.1, 0.15) is 12.3 Å². The standard InChI is InChI=1S/C29H31F3N6O3S/c1-20-17-28(35-41-20)36-42(39,40)24-10-8-21(9-11-24)33-14-4-5-23-18-25-26(34-22-12-15-37(2)16-13-22)6-3-7-27(25)38(23)19-29(30,31)32/h3,6-11,17-18,22,33-34H,12-16,19H2,1-2H3,(H,35,36). The summed E-state index contributed by atoms with van der Waals surface area (Å²) in [5.74, 6) is 6.34. The van der Waals surface area contributed by atoms with Gasteiger partial charge in [0.05, 0.1) is 22.7 Å². The van der Waals surface area contributed by atoms with Gasteiger partial charge in [-0.1, -0.05) is 17.1 Å². The predicted molar refractivity (Wildman–Crippen MR) is 156 cm³/mol. The molecule has 13 heteroatoms. The summed E-state index contributed by atoms with van der Waals surface area (Å²) >= 11 is 0. The van der Waals surface area contributed by atoms with E-state index < -0.39 is 22.7 Å². The molecule has 5 rings (SSSR count). The van der Waals surface area contributed by atoms with Crippen LogP contribution in [0.15, 0.2) is 64.0 Å². The lowest BCUT2D eigenvalue weighted by molar-refractivity contribution is -0.140. The summed E-state index contributed by atoms with van der Waals surface area (Å²) in [4.78, 5) is 2.29. The molecule has 0 unspecified atom stereocenters. The van der Waals surface area contributed by atoms with Crippen molar-refractivity contribution in [2.75, 3.05) is 42.0 Å². The van der Waals surface area contributed by atoms with E-state index in [0.717, 1.165) is 31.6 Å². The predicted octanol–water partition coefficient (Wildman–Crippen LogP) is 5.27. The maximum absolute atomic E-state index is 13.5. The third-order valence-electron chi connectivity index (χ3n) is 6.99. The summed E-state index contributed by atoms with van der Waals surface area (Å²) in [5.41, 5.74) is 2.12. The van der Waals surface area contributed by atoms with Gasteiger partial charge < -0.3 is 24.6 Å². The first kappa shape index (κ1) is 29.3. The highest BCUT2D eigenvalue weighted by molar-refractivity contribution is 7.92. The van der Waals surface area contributed by atoms with Crippen molar-refractivity contribution in [3.05, 3.63) is 66.1 Å². The highest BCUT2D eigenvalue weighted by Crippen LogP contribution is 2.31. The number of likely N-dealkylation sites (tertiary alicyclic amines) is 1. The number of sulfonamides is 1. The van der Waals surface area contributed by atoms with Crippen LogP contribution in [-0.4, -0.2) is 61.9 Å². The third-order valence-corrected chi connectivity index (χ3v) is 8.36. The largest absolute Gasteiger partial charge is 0.406 e. The monoisotopic (exact) mass is 600 g/mol. The summed E-state index contributed by atoms with van der Waals surface area (Å²) in [6.45, 7) is 2.56. The zero-order chi connectivity index (χ0) is 29.9. The van der Waals surface area contributed by atoms with Gasteiger partial charge in [-0.25, -0.2) is 8.42 Å². The summed E-state index contributed by atoms with van der Waals surface area (Å²) in [7, 11) is -1.78. The number of rotatable bonds is 8. The highest BCUT2D eigenvalue weighted by Gasteiger charge is 2.30. The van der Waals surface area contributed by atoms with Gasteiger partial charge in [-0.15, -0.1) is 0 Å².